The standard InChI is InChI=1S/C12H22N2S/c1-9(2)8-13-7-5-6-12-14-10(3)11(4)15-12/h9,13H,5-8H2,1-4H3. The zero-order chi connectivity index (χ0) is 11.3. The Morgan fingerprint density at radius 2 is 2.07 bits per heavy atom. The molecule has 0 aliphatic carbocycles. The highest BCUT2D eigenvalue weighted by molar-refractivity contribution is 7.11. The van der Waals surface area contributed by atoms with Gasteiger partial charge in [-0.15, -0.1) is 11.3 Å². The van der Waals surface area contributed by atoms with Crippen LogP contribution in [0.3, 0.4) is 0 Å². The van der Waals surface area contributed by atoms with Crippen molar-refractivity contribution < 1.29 is 0 Å². The molecule has 86 valence electrons. The van der Waals surface area contributed by atoms with Gasteiger partial charge in [-0.1, -0.05) is 13.8 Å². The average Bonchev–Trinajstić information content (AvgIpc) is 2.45. The fourth-order valence-corrected chi connectivity index (χ4v) is 2.38. The molecule has 0 unspecified atom stereocenters. The molecular formula is C12H22N2S. The molecule has 1 aromatic heterocycles. The van der Waals surface area contributed by atoms with E-state index in [0.29, 0.717) is 0 Å². The summed E-state index contributed by atoms with van der Waals surface area (Å²) in [6.07, 6.45) is 2.31. The van der Waals surface area contributed by atoms with Crippen LogP contribution in [0.5, 0.6) is 0 Å². The van der Waals surface area contributed by atoms with Crippen molar-refractivity contribution in [2.45, 2.75) is 40.5 Å². The number of aromatic nitrogens is 1. The van der Waals surface area contributed by atoms with Gasteiger partial charge < -0.3 is 5.32 Å². The topological polar surface area (TPSA) is 24.9 Å². The summed E-state index contributed by atoms with van der Waals surface area (Å²) in [6.45, 7) is 10.9. The molecule has 0 spiro atoms. The molecule has 0 atom stereocenters. The van der Waals surface area contributed by atoms with Crippen LogP contribution in [0, 0.1) is 19.8 Å². The summed E-state index contributed by atoms with van der Waals surface area (Å²) < 4.78 is 0. The Balaban J connectivity index is 2.15. The second-order valence-electron chi connectivity index (χ2n) is 4.45. The minimum Gasteiger partial charge on any atom is -0.316 e. The molecule has 1 aromatic rings. The first-order chi connectivity index (χ1) is 7.09. The van der Waals surface area contributed by atoms with Gasteiger partial charge in [0.15, 0.2) is 0 Å². The lowest BCUT2D eigenvalue weighted by Crippen LogP contribution is -2.21. The molecule has 0 aliphatic rings. The molecule has 0 saturated carbocycles. The monoisotopic (exact) mass is 226 g/mol. The van der Waals surface area contributed by atoms with Crippen molar-refractivity contribution in [1.29, 1.82) is 0 Å². The van der Waals surface area contributed by atoms with Crippen LogP contribution in [-0.4, -0.2) is 18.1 Å². The first kappa shape index (κ1) is 12.7. The Morgan fingerprint density at radius 3 is 2.60 bits per heavy atom. The van der Waals surface area contributed by atoms with Crippen LogP contribution in [0.25, 0.3) is 0 Å². The second-order valence-corrected chi connectivity index (χ2v) is 5.74. The predicted octanol–water partition coefficient (Wildman–Crippen LogP) is 2.94. The number of nitrogens with one attached hydrogen (secondary N) is 1. The van der Waals surface area contributed by atoms with E-state index < -0.39 is 0 Å². The van der Waals surface area contributed by atoms with E-state index in [-0.39, 0.29) is 0 Å². The van der Waals surface area contributed by atoms with Crippen molar-refractivity contribution >= 4 is 11.3 Å². The van der Waals surface area contributed by atoms with Crippen molar-refractivity contribution in [3.8, 4) is 0 Å². The second kappa shape index (κ2) is 6.23. The number of nitrogens with zero attached hydrogens (tertiary/aromatic N) is 1. The lowest BCUT2D eigenvalue weighted by molar-refractivity contribution is 0.543. The van der Waals surface area contributed by atoms with E-state index in [1.807, 2.05) is 11.3 Å². The average molecular weight is 226 g/mol. The lowest BCUT2D eigenvalue weighted by Gasteiger charge is -2.05. The molecule has 0 aromatic carbocycles. The molecule has 0 bridgehead atoms. The van der Waals surface area contributed by atoms with E-state index in [2.05, 4.69) is 38.0 Å². The van der Waals surface area contributed by atoms with E-state index in [0.717, 1.165) is 25.4 Å². The lowest BCUT2D eigenvalue weighted by atomic mass is 10.2. The van der Waals surface area contributed by atoms with Gasteiger partial charge in [-0.2, -0.15) is 0 Å². The third kappa shape index (κ3) is 4.76. The van der Waals surface area contributed by atoms with Crippen molar-refractivity contribution in [3.05, 3.63) is 15.6 Å². The molecule has 0 fully saturated rings. The van der Waals surface area contributed by atoms with Crippen molar-refractivity contribution in [2.75, 3.05) is 13.1 Å². The summed E-state index contributed by atoms with van der Waals surface area (Å²) in [5.41, 5.74) is 1.20. The van der Waals surface area contributed by atoms with Crippen molar-refractivity contribution in [2.24, 2.45) is 5.92 Å². The molecule has 0 aliphatic heterocycles. The maximum absolute atomic E-state index is 4.53. The van der Waals surface area contributed by atoms with Crippen molar-refractivity contribution in [1.82, 2.24) is 10.3 Å². The van der Waals surface area contributed by atoms with E-state index >= 15 is 0 Å². The number of rotatable bonds is 6. The van der Waals surface area contributed by atoms with Gasteiger partial charge in [0, 0.05) is 11.3 Å². The SMILES string of the molecule is Cc1nc(CCCNCC(C)C)sc1C. The largest absolute Gasteiger partial charge is 0.316 e. The molecule has 1 heterocycles. The molecule has 0 amide bonds. The Hall–Kier alpha value is -0.410. The van der Waals surface area contributed by atoms with Gasteiger partial charge in [-0.3, -0.25) is 0 Å². The number of thiazole rings is 1. The van der Waals surface area contributed by atoms with Crippen LogP contribution in [0.2, 0.25) is 0 Å². The molecule has 0 radical (unpaired) electrons. The molecule has 3 heteroatoms. The number of aryl methyl sites for hydroxylation is 3. The summed E-state index contributed by atoms with van der Waals surface area (Å²) in [5.74, 6) is 0.745. The predicted molar refractivity (Wildman–Crippen MR) is 67.6 cm³/mol. The molecule has 1 rings (SSSR count). The summed E-state index contributed by atoms with van der Waals surface area (Å²) in [6, 6.07) is 0. The van der Waals surface area contributed by atoms with Gasteiger partial charge in [-0.25, -0.2) is 4.98 Å². The highest BCUT2D eigenvalue weighted by Gasteiger charge is 2.02. The van der Waals surface area contributed by atoms with Gasteiger partial charge in [0.2, 0.25) is 0 Å². The van der Waals surface area contributed by atoms with Crippen LogP contribution in [0.1, 0.15) is 35.8 Å². The maximum atomic E-state index is 4.53. The quantitative estimate of drug-likeness (QED) is 0.754. The van der Waals surface area contributed by atoms with Crippen LogP contribution in [0.4, 0.5) is 0 Å². The van der Waals surface area contributed by atoms with Gasteiger partial charge >= 0.3 is 0 Å². The highest BCUT2D eigenvalue weighted by Crippen LogP contribution is 2.17. The first-order valence-corrected chi connectivity index (χ1v) is 6.55. The normalized spacial score (nSPS) is 11.3. The van der Waals surface area contributed by atoms with Gasteiger partial charge in [0.1, 0.15) is 0 Å². The van der Waals surface area contributed by atoms with Gasteiger partial charge in [0.25, 0.3) is 0 Å². The van der Waals surface area contributed by atoms with Gasteiger partial charge in [-0.05, 0) is 39.3 Å². The Labute approximate surface area is 97.1 Å². The van der Waals surface area contributed by atoms with E-state index in [1.54, 1.807) is 0 Å². The summed E-state index contributed by atoms with van der Waals surface area (Å²) in [4.78, 5) is 5.89. The van der Waals surface area contributed by atoms with E-state index in [4.69, 9.17) is 0 Å². The van der Waals surface area contributed by atoms with Gasteiger partial charge in [0.05, 0.1) is 10.7 Å². The fraction of sp³-hybridized carbons (Fsp3) is 0.750. The molecule has 0 saturated heterocycles. The zero-order valence-corrected chi connectivity index (χ0v) is 11.1. The van der Waals surface area contributed by atoms with Crippen LogP contribution in [-0.2, 0) is 6.42 Å². The van der Waals surface area contributed by atoms with E-state index in [9.17, 15) is 0 Å². The minimum atomic E-state index is 0.745. The third-order valence-corrected chi connectivity index (χ3v) is 3.50. The van der Waals surface area contributed by atoms with Crippen LogP contribution < -0.4 is 5.32 Å². The van der Waals surface area contributed by atoms with Crippen molar-refractivity contribution in [3.63, 3.8) is 0 Å². The Bertz CT molecular complexity index is 272. The molecule has 1 N–H and O–H groups in total. The first-order valence-electron chi connectivity index (χ1n) is 5.73. The zero-order valence-electron chi connectivity index (χ0n) is 10.3. The number of hydrogen-bond donors (Lipinski definition) is 1. The Morgan fingerprint density at radius 1 is 1.33 bits per heavy atom. The highest BCUT2D eigenvalue weighted by atomic mass is 32.1. The van der Waals surface area contributed by atoms with Crippen LogP contribution >= 0.6 is 11.3 Å². The molecular weight excluding hydrogens is 204 g/mol. The summed E-state index contributed by atoms with van der Waals surface area (Å²) in [7, 11) is 0. The summed E-state index contributed by atoms with van der Waals surface area (Å²) in [5, 5.41) is 4.74. The van der Waals surface area contributed by atoms with E-state index in [1.165, 1.54) is 22.0 Å². The fourth-order valence-electron chi connectivity index (χ4n) is 1.40. The summed E-state index contributed by atoms with van der Waals surface area (Å²) >= 11 is 1.84. The van der Waals surface area contributed by atoms with Crippen LogP contribution in [0.15, 0.2) is 0 Å². The minimum absolute atomic E-state index is 0.745. The maximum Gasteiger partial charge on any atom is 0.0931 e. The number of hydrogen-bond acceptors (Lipinski definition) is 3. The Kier molecular flexibility index (Phi) is 5.26. The molecule has 15 heavy (non-hydrogen) atoms. The smallest absolute Gasteiger partial charge is 0.0931 e. The molecule has 2 nitrogen and oxygen atoms in total. The third-order valence-electron chi connectivity index (χ3n) is 2.37.